The predicted octanol–water partition coefficient (Wildman–Crippen LogP) is 2.37. The Morgan fingerprint density at radius 1 is 1.34 bits per heavy atom. The number of morpholine rings is 1. The number of nitrogens with zero attached hydrogens (tertiary/aromatic N) is 3. The fourth-order valence-corrected chi connectivity index (χ4v) is 5.55. The van der Waals surface area contributed by atoms with Crippen LogP contribution in [0.2, 0.25) is 5.02 Å². The second-order valence-electron chi connectivity index (χ2n) is 6.79. The number of aromatic amines is 1. The molecule has 3 heterocycles. The zero-order valence-corrected chi connectivity index (χ0v) is 19.4. The Morgan fingerprint density at radius 3 is 2.88 bits per heavy atom. The maximum absolute atomic E-state index is 13.1. The number of hydrogen-bond donors (Lipinski definition) is 2. The second-order valence-corrected chi connectivity index (χ2v) is 10.1. The number of hydrogen-bond acceptors (Lipinski definition) is 8. The molecule has 1 amide bonds. The molecule has 0 saturated carbocycles. The van der Waals surface area contributed by atoms with Gasteiger partial charge in [0.2, 0.25) is 15.9 Å². The molecule has 32 heavy (non-hydrogen) atoms. The Kier molecular flexibility index (Phi) is 6.86. The number of carbonyl (C=O) groups excluding carboxylic acids is 1. The zero-order chi connectivity index (χ0) is 22.7. The van der Waals surface area contributed by atoms with Gasteiger partial charge < -0.3 is 19.8 Å². The van der Waals surface area contributed by atoms with E-state index in [9.17, 15) is 13.2 Å². The van der Waals surface area contributed by atoms with E-state index in [4.69, 9.17) is 21.1 Å². The van der Waals surface area contributed by atoms with Crippen LogP contribution in [-0.2, 0) is 19.6 Å². The van der Waals surface area contributed by atoms with E-state index < -0.39 is 10.0 Å². The van der Waals surface area contributed by atoms with Crippen LogP contribution in [-0.4, -0.2) is 72.7 Å². The van der Waals surface area contributed by atoms with Crippen molar-refractivity contribution in [3.63, 3.8) is 0 Å². The molecule has 10 nitrogen and oxygen atoms in total. The van der Waals surface area contributed by atoms with Gasteiger partial charge in [0.05, 0.1) is 36.6 Å². The van der Waals surface area contributed by atoms with Crippen LogP contribution in [0.5, 0.6) is 5.75 Å². The van der Waals surface area contributed by atoms with E-state index >= 15 is 0 Å². The number of methoxy groups -OCH3 is 1. The van der Waals surface area contributed by atoms with E-state index in [0.717, 1.165) is 0 Å². The summed E-state index contributed by atoms with van der Waals surface area (Å²) in [4.78, 5) is 23.9. The van der Waals surface area contributed by atoms with Gasteiger partial charge in [0.15, 0.2) is 10.8 Å². The topological polar surface area (TPSA) is 127 Å². The average molecular weight is 498 g/mol. The number of rotatable bonds is 7. The maximum atomic E-state index is 13.1. The molecule has 1 fully saturated rings. The normalized spacial score (nSPS) is 15.1. The van der Waals surface area contributed by atoms with Crippen LogP contribution in [0.25, 0.3) is 11.2 Å². The van der Waals surface area contributed by atoms with E-state index in [0.29, 0.717) is 40.2 Å². The lowest BCUT2D eigenvalue weighted by molar-refractivity contribution is -0.113. The van der Waals surface area contributed by atoms with E-state index in [1.807, 2.05) is 0 Å². The van der Waals surface area contributed by atoms with Crippen LogP contribution in [0, 0.1) is 0 Å². The third-order valence-electron chi connectivity index (χ3n) is 4.66. The molecule has 0 radical (unpaired) electrons. The third-order valence-corrected chi connectivity index (χ3v) is 7.66. The molecule has 2 N–H and O–H groups in total. The largest absolute Gasteiger partial charge is 0.495 e. The number of amides is 1. The van der Waals surface area contributed by atoms with E-state index in [1.54, 1.807) is 12.1 Å². The lowest BCUT2D eigenvalue weighted by Gasteiger charge is -2.26. The smallest absolute Gasteiger partial charge is 0.246 e. The van der Waals surface area contributed by atoms with Crippen LogP contribution in [0.15, 0.2) is 40.5 Å². The first-order valence-electron chi connectivity index (χ1n) is 9.56. The van der Waals surface area contributed by atoms with E-state index in [1.165, 1.54) is 41.5 Å². The van der Waals surface area contributed by atoms with Crippen LogP contribution >= 0.6 is 23.4 Å². The highest BCUT2D eigenvalue weighted by molar-refractivity contribution is 7.99. The van der Waals surface area contributed by atoms with Crippen molar-refractivity contribution < 1.29 is 22.7 Å². The molecule has 1 aliphatic rings. The minimum absolute atomic E-state index is 0.00686. The van der Waals surface area contributed by atoms with Crippen molar-refractivity contribution >= 4 is 56.1 Å². The number of sulfonamides is 1. The van der Waals surface area contributed by atoms with Crippen molar-refractivity contribution in [2.24, 2.45) is 0 Å². The van der Waals surface area contributed by atoms with Crippen LogP contribution in [0.3, 0.4) is 0 Å². The maximum Gasteiger partial charge on any atom is 0.246 e. The van der Waals surface area contributed by atoms with Crippen LogP contribution in [0.4, 0.5) is 5.69 Å². The number of H-pyrrole nitrogens is 1. The molecule has 3 aromatic rings. The Morgan fingerprint density at radius 2 is 2.12 bits per heavy atom. The third kappa shape index (κ3) is 4.99. The van der Waals surface area contributed by atoms with Crippen LogP contribution in [0.1, 0.15) is 0 Å². The van der Waals surface area contributed by atoms with Gasteiger partial charge in [0, 0.05) is 25.0 Å². The van der Waals surface area contributed by atoms with Gasteiger partial charge >= 0.3 is 0 Å². The summed E-state index contributed by atoms with van der Waals surface area (Å²) in [7, 11) is -2.40. The molecule has 0 bridgehead atoms. The fraction of sp³-hybridized carbons (Fsp3) is 0.316. The Balaban J connectivity index is 1.46. The lowest BCUT2D eigenvalue weighted by Crippen LogP contribution is -2.40. The summed E-state index contributed by atoms with van der Waals surface area (Å²) < 4.78 is 38.0. The molecule has 1 aliphatic heterocycles. The van der Waals surface area contributed by atoms with E-state index in [-0.39, 0.29) is 35.4 Å². The number of benzene rings is 1. The summed E-state index contributed by atoms with van der Waals surface area (Å²) in [6.45, 7) is 1.18. The first-order chi connectivity index (χ1) is 15.4. The SMILES string of the molecule is COc1ccc(NC(=O)CSc2nc3ncc(Cl)cc3[nH]2)cc1S(=O)(=O)N1CCOCC1. The quantitative estimate of drug-likeness (QED) is 0.476. The molecule has 170 valence electrons. The monoisotopic (exact) mass is 497 g/mol. The highest BCUT2D eigenvalue weighted by Gasteiger charge is 2.29. The Bertz CT molecular complexity index is 1240. The second kappa shape index (κ2) is 9.63. The minimum Gasteiger partial charge on any atom is -0.495 e. The Hall–Kier alpha value is -2.38. The van der Waals surface area contributed by atoms with E-state index in [2.05, 4.69) is 20.3 Å². The number of anilines is 1. The molecule has 1 saturated heterocycles. The van der Waals surface area contributed by atoms with Gasteiger partial charge in [-0.15, -0.1) is 0 Å². The number of imidazole rings is 1. The molecule has 2 aromatic heterocycles. The number of aromatic nitrogens is 3. The Labute approximate surface area is 193 Å². The summed E-state index contributed by atoms with van der Waals surface area (Å²) in [5.74, 6) is -0.0517. The number of ether oxygens (including phenoxy) is 2. The molecule has 0 aliphatic carbocycles. The summed E-state index contributed by atoms with van der Waals surface area (Å²) >= 11 is 7.11. The molecular weight excluding hydrogens is 478 g/mol. The molecule has 1 aromatic carbocycles. The van der Waals surface area contributed by atoms with Gasteiger partial charge in [-0.2, -0.15) is 4.31 Å². The average Bonchev–Trinajstić information content (AvgIpc) is 3.20. The zero-order valence-electron chi connectivity index (χ0n) is 17.0. The van der Waals surface area contributed by atoms with Gasteiger partial charge in [-0.25, -0.2) is 18.4 Å². The van der Waals surface area contributed by atoms with Gasteiger partial charge in [0.1, 0.15) is 10.6 Å². The number of thioether (sulfide) groups is 1. The number of pyridine rings is 1. The molecule has 4 rings (SSSR count). The summed E-state index contributed by atoms with van der Waals surface area (Å²) in [6, 6.07) is 6.21. The number of halogens is 1. The molecular formula is C19H20ClN5O5S2. The van der Waals surface area contributed by atoms with Crippen molar-refractivity contribution in [1.29, 1.82) is 0 Å². The van der Waals surface area contributed by atoms with Gasteiger partial charge in [-0.3, -0.25) is 4.79 Å². The summed E-state index contributed by atoms with van der Waals surface area (Å²) in [6.07, 6.45) is 1.50. The minimum atomic E-state index is -3.80. The number of carbonyl (C=O) groups is 1. The van der Waals surface area contributed by atoms with Crippen molar-refractivity contribution in [2.45, 2.75) is 10.1 Å². The van der Waals surface area contributed by atoms with Gasteiger partial charge in [0.25, 0.3) is 0 Å². The van der Waals surface area contributed by atoms with Crippen molar-refractivity contribution in [3.8, 4) is 5.75 Å². The summed E-state index contributed by atoms with van der Waals surface area (Å²) in [5.41, 5.74) is 1.53. The van der Waals surface area contributed by atoms with Crippen molar-refractivity contribution in [2.75, 3.05) is 44.5 Å². The summed E-state index contributed by atoms with van der Waals surface area (Å²) in [5, 5.41) is 3.73. The first kappa shape index (κ1) is 22.8. The first-order valence-corrected chi connectivity index (χ1v) is 12.4. The highest BCUT2D eigenvalue weighted by atomic mass is 35.5. The van der Waals surface area contributed by atoms with Crippen LogP contribution < -0.4 is 10.1 Å². The standard InChI is InChI=1S/C19H20ClN5O5S2/c1-29-15-3-2-13(9-16(15)32(27,28)25-4-6-30-7-5-25)22-17(26)11-31-19-23-14-8-12(20)10-21-18(14)24-19/h2-3,8-10H,4-7,11H2,1H3,(H,22,26)(H,21,23,24). The van der Waals surface area contributed by atoms with Gasteiger partial charge in [-0.1, -0.05) is 23.4 Å². The number of nitrogens with one attached hydrogen (secondary N) is 2. The predicted molar refractivity (Wildman–Crippen MR) is 121 cm³/mol. The van der Waals surface area contributed by atoms with Crippen molar-refractivity contribution in [3.05, 3.63) is 35.5 Å². The molecule has 0 atom stereocenters. The fourth-order valence-electron chi connectivity index (χ4n) is 3.13. The number of fused-ring (bicyclic) bond motifs is 1. The molecule has 0 unspecified atom stereocenters. The molecule has 13 heteroatoms. The highest BCUT2D eigenvalue weighted by Crippen LogP contribution is 2.30. The van der Waals surface area contributed by atoms with Gasteiger partial charge in [-0.05, 0) is 24.3 Å². The molecule has 0 spiro atoms. The lowest BCUT2D eigenvalue weighted by atomic mass is 10.3. The van der Waals surface area contributed by atoms with Crippen molar-refractivity contribution in [1.82, 2.24) is 19.3 Å².